The molecule has 170 valence electrons. The second kappa shape index (κ2) is 9.37. The molecule has 0 aliphatic carbocycles. The lowest BCUT2D eigenvalue weighted by Gasteiger charge is -2.24. The number of carbonyl (C=O) groups excluding carboxylic acids is 1. The van der Waals surface area contributed by atoms with Gasteiger partial charge in [-0.3, -0.25) is 9.36 Å². The molecule has 8 heteroatoms. The summed E-state index contributed by atoms with van der Waals surface area (Å²) in [6.07, 6.45) is 1.85. The number of rotatable bonds is 5. The van der Waals surface area contributed by atoms with Crippen molar-refractivity contribution in [1.29, 1.82) is 0 Å². The van der Waals surface area contributed by atoms with Crippen molar-refractivity contribution < 1.29 is 9.53 Å². The first kappa shape index (κ1) is 23.0. The fourth-order valence-corrected chi connectivity index (χ4v) is 4.94. The SMILES string of the molecule is CCOC(=O)C1=C(C)N=c2s/c(=C\c3ccc(N(C)C)cc3)c(=O)n2[C@H]1c1ccc(Cl)cc1. The van der Waals surface area contributed by atoms with Crippen LogP contribution in [0.4, 0.5) is 5.69 Å². The van der Waals surface area contributed by atoms with Gasteiger partial charge in [-0.1, -0.05) is 47.2 Å². The van der Waals surface area contributed by atoms with Crippen LogP contribution in [0.15, 0.2) is 69.6 Å². The van der Waals surface area contributed by atoms with E-state index in [1.54, 1.807) is 30.5 Å². The Balaban J connectivity index is 1.90. The standard InChI is InChI=1S/C25H24ClN3O3S/c1-5-32-24(31)21-15(2)27-25-29(22(21)17-8-10-18(26)11-9-17)23(30)20(33-25)14-16-6-12-19(13-7-16)28(3)4/h6-14,22H,5H2,1-4H3/b20-14-/t22-/m0/s1. The highest BCUT2D eigenvalue weighted by Crippen LogP contribution is 2.31. The van der Waals surface area contributed by atoms with E-state index in [1.165, 1.54) is 11.3 Å². The Kier molecular flexibility index (Phi) is 6.54. The zero-order chi connectivity index (χ0) is 23.7. The van der Waals surface area contributed by atoms with Gasteiger partial charge in [-0.25, -0.2) is 9.79 Å². The molecule has 6 nitrogen and oxygen atoms in total. The molecule has 1 aliphatic heterocycles. The van der Waals surface area contributed by atoms with Crippen LogP contribution >= 0.6 is 22.9 Å². The van der Waals surface area contributed by atoms with Crippen LogP contribution in [0.3, 0.4) is 0 Å². The zero-order valence-corrected chi connectivity index (χ0v) is 20.4. The molecule has 0 saturated carbocycles. The first-order valence-electron chi connectivity index (χ1n) is 10.5. The molecule has 33 heavy (non-hydrogen) atoms. The summed E-state index contributed by atoms with van der Waals surface area (Å²) < 4.78 is 7.43. The molecule has 1 atom stereocenters. The monoisotopic (exact) mass is 481 g/mol. The van der Waals surface area contributed by atoms with Crippen LogP contribution in [-0.4, -0.2) is 31.2 Å². The second-order valence-electron chi connectivity index (χ2n) is 7.84. The predicted molar refractivity (Wildman–Crippen MR) is 133 cm³/mol. The molecule has 0 spiro atoms. The summed E-state index contributed by atoms with van der Waals surface area (Å²) in [5, 5.41) is 0.575. The maximum atomic E-state index is 13.5. The van der Waals surface area contributed by atoms with Gasteiger partial charge in [0, 0.05) is 24.8 Å². The van der Waals surface area contributed by atoms with Gasteiger partial charge in [-0.05, 0) is 55.3 Å². The van der Waals surface area contributed by atoms with Crippen LogP contribution in [0, 0.1) is 0 Å². The van der Waals surface area contributed by atoms with Crippen molar-refractivity contribution in [2.24, 2.45) is 4.99 Å². The smallest absolute Gasteiger partial charge is 0.338 e. The summed E-state index contributed by atoms with van der Waals surface area (Å²) in [6.45, 7) is 3.75. The van der Waals surface area contributed by atoms with Gasteiger partial charge in [-0.2, -0.15) is 0 Å². The highest BCUT2D eigenvalue weighted by Gasteiger charge is 2.33. The molecule has 0 unspecified atom stereocenters. The van der Waals surface area contributed by atoms with Crippen LogP contribution in [-0.2, 0) is 9.53 Å². The van der Waals surface area contributed by atoms with E-state index in [1.807, 2.05) is 61.5 Å². The first-order valence-corrected chi connectivity index (χ1v) is 11.7. The number of fused-ring (bicyclic) bond motifs is 1. The van der Waals surface area contributed by atoms with Crippen molar-refractivity contribution in [3.63, 3.8) is 0 Å². The summed E-state index contributed by atoms with van der Waals surface area (Å²) in [6, 6.07) is 14.4. The molecular weight excluding hydrogens is 458 g/mol. The topological polar surface area (TPSA) is 63.9 Å². The molecule has 0 amide bonds. The Morgan fingerprint density at radius 2 is 1.85 bits per heavy atom. The van der Waals surface area contributed by atoms with E-state index in [-0.39, 0.29) is 12.2 Å². The Morgan fingerprint density at radius 3 is 2.45 bits per heavy atom. The summed E-state index contributed by atoms with van der Waals surface area (Å²) in [7, 11) is 3.96. The normalized spacial score (nSPS) is 15.8. The van der Waals surface area contributed by atoms with E-state index < -0.39 is 12.0 Å². The summed E-state index contributed by atoms with van der Waals surface area (Å²) in [5.41, 5.74) is 3.44. The van der Waals surface area contributed by atoms with Crippen LogP contribution in [0.1, 0.15) is 31.0 Å². The van der Waals surface area contributed by atoms with E-state index in [2.05, 4.69) is 4.99 Å². The molecule has 1 aliphatic rings. The van der Waals surface area contributed by atoms with Crippen LogP contribution in [0.25, 0.3) is 6.08 Å². The summed E-state index contributed by atoms with van der Waals surface area (Å²) >= 11 is 7.39. The fraction of sp³-hybridized carbons (Fsp3) is 0.240. The minimum atomic E-state index is -0.643. The molecular formula is C25H24ClN3O3S. The number of allylic oxidation sites excluding steroid dienone is 1. The van der Waals surface area contributed by atoms with Crippen molar-refractivity contribution >= 4 is 40.7 Å². The number of ether oxygens (including phenoxy) is 1. The molecule has 2 heterocycles. The Hall–Kier alpha value is -3.16. The third kappa shape index (κ3) is 4.51. The third-order valence-electron chi connectivity index (χ3n) is 5.41. The molecule has 4 rings (SSSR count). The minimum Gasteiger partial charge on any atom is -0.463 e. The molecule has 0 fully saturated rings. The molecule has 0 bridgehead atoms. The van der Waals surface area contributed by atoms with Gasteiger partial charge in [0.15, 0.2) is 4.80 Å². The number of thiazole rings is 1. The van der Waals surface area contributed by atoms with Crippen LogP contribution < -0.4 is 19.8 Å². The average molecular weight is 482 g/mol. The van der Waals surface area contributed by atoms with E-state index >= 15 is 0 Å². The largest absolute Gasteiger partial charge is 0.463 e. The van der Waals surface area contributed by atoms with Gasteiger partial charge in [-0.15, -0.1) is 0 Å². The third-order valence-corrected chi connectivity index (χ3v) is 6.64. The Bertz CT molecular complexity index is 1400. The van der Waals surface area contributed by atoms with Crippen molar-refractivity contribution in [2.45, 2.75) is 19.9 Å². The fourth-order valence-electron chi connectivity index (χ4n) is 3.77. The maximum absolute atomic E-state index is 13.5. The highest BCUT2D eigenvalue weighted by molar-refractivity contribution is 7.07. The molecule has 1 aromatic heterocycles. The number of nitrogens with zero attached hydrogens (tertiary/aromatic N) is 3. The van der Waals surface area contributed by atoms with Gasteiger partial charge in [0.2, 0.25) is 0 Å². The van der Waals surface area contributed by atoms with Gasteiger partial charge in [0.25, 0.3) is 5.56 Å². The number of esters is 1. The van der Waals surface area contributed by atoms with E-state index in [0.29, 0.717) is 25.6 Å². The summed E-state index contributed by atoms with van der Waals surface area (Å²) in [4.78, 5) is 33.6. The molecule has 0 N–H and O–H groups in total. The second-order valence-corrected chi connectivity index (χ2v) is 9.29. The summed E-state index contributed by atoms with van der Waals surface area (Å²) in [5.74, 6) is -0.479. The number of hydrogen-bond acceptors (Lipinski definition) is 6. The number of aromatic nitrogens is 1. The Labute approximate surface area is 200 Å². The number of halogens is 1. The maximum Gasteiger partial charge on any atom is 0.338 e. The minimum absolute atomic E-state index is 0.204. The van der Waals surface area contributed by atoms with Gasteiger partial charge in [0.1, 0.15) is 0 Å². The molecule has 3 aromatic rings. The molecule has 2 aromatic carbocycles. The molecule has 0 radical (unpaired) electrons. The van der Waals surface area contributed by atoms with Crippen molar-refractivity contribution in [3.05, 3.63) is 95.6 Å². The average Bonchev–Trinajstić information content (AvgIpc) is 3.08. The highest BCUT2D eigenvalue weighted by atomic mass is 35.5. The van der Waals surface area contributed by atoms with E-state index in [4.69, 9.17) is 16.3 Å². The number of benzene rings is 2. The lowest BCUT2D eigenvalue weighted by molar-refractivity contribution is -0.139. The molecule has 0 saturated heterocycles. The number of anilines is 1. The zero-order valence-electron chi connectivity index (χ0n) is 18.8. The van der Waals surface area contributed by atoms with Gasteiger partial charge < -0.3 is 9.64 Å². The number of hydrogen-bond donors (Lipinski definition) is 0. The van der Waals surface area contributed by atoms with Gasteiger partial charge >= 0.3 is 5.97 Å². The van der Waals surface area contributed by atoms with Crippen molar-refractivity contribution in [1.82, 2.24) is 4.57 Å². The van der Waals surface area contributed by atoms with Crippen molar-refractivity contribution in [2.75, 3.05) is 25.6 Å². The lowest BCUT2D eigenvalue weighted by Crippen LogP contribution is -2.39. The number of carbonyl (C=O) groups is 1. The van der Waals surface area contributed by atoms with Crippen LogP contribution in [0.2, 0.25) is 5.02 Å². The lowest BCUT2D eigenvalue weighted by atomic mass is 9.96. The van der Waals surface area contributed by atoms with Crippen molar-refractivity contribution in [3.8, 4) is 0 Å². The van der Waals surface area contributed by atoms with E-state index in [9.17, 15) is 9.59 Å². The van der Waals surface area contributed by atoms with Crippen LogP contribution in [0.5, 0.6) is 0 Å². The first-order chi connectivity index (χ1) is 15.8. The quantitative estimate of drug-likeness (QED) is 0.523. The predicted octanol–water partition coefficient (Wildman–Crippen LogP) is 3.52. The van der Waals surface area contributed by atoms with Gasteiger partial charge in [0.05, 0.1) is 28.5 Å². The Morgan fingerprint density at radius 1 is 1.18 bits per heavy atom. The van der Waals surface area contributed by atoms with E-state index in [0.717, 1.165) is 16.8 Å².